The van der Waals surface area contributed by atoms with Crippen molar-refractivity contribution in [1.82, 2.24) is 0 Å². The van der Waals surface area contributed by atoms with E-state index in [-0.39, 0.29) is 4.90 Å². The highest BCUT2D eigenvalue weighted by atomic mass is 35.5. The molecule has 0 radical (unpaired) electrons. The molecular weight excluding hydrogens is 306 g/mol. The molecule has 0 aliphatic heterocycles. The maximum absolute atomic E-state index is 12.8. The van der Waals surface area contributed by atoms with Crippen LogP contribution >= 0.6 is 11.6 Å². The van der Waals surface area contributed by atoms with Gasteiger partial charge in [-0.15, -0.1) is 0 Å². The molecule has 0 amide bonds. The first kappa shape index (κ1) is 15.9. The number of rotatable bonds is 4. The van der Waals surface area contributed by atoms with E-state index in [0.717, 1.165) is 11.1 Å². The van der Waals surface area contributed by atoms with Crippen LogP contribution in [0.2, 0.25) is 5.02 Å². The van der Waals surface area contributed by atoms with E-state index in [1.807, 2.05) is 39.0 Å². The van der Waals surface area contributed by atoms with Gasteiger partial charge in [0.25, 0.3) is 10.0 Å². The third-order valence-electron chi connectivity index (χ3n) is 3.31. The predicted molar refractivity (Wildman–Crippen MR) is 87.6 cm³/mol. The Kier molecular flexibility index (Phi) is 4.59. The molecule has 0 spiro atoms. The molecule has 3 nitrogen and oxygen atoms in total. The van der Waals surface area contributed by atoms with E-state index < -0.39 is 10.0 Å². The first-order chi connectivity index (χ1) is 9.86. The summed E-state index contributed by atoms with van der Waals surface area (Å²) in [7, 11) is -3.58. The van der Waals surface area contributed by atoms with Crippen LogP contribution in [0.25, 0.3) is 0 Å². The van der Waals surface area contributed by atoms with Crippen LogP contribution in [0.1, 0.15) is 18.1 Å². The average molecular weight is 324 g/mol. The minimum atomic E-state index is -3.58. The summed E-state index contributed by atoms with van der Waals surface area (Å²) in [6.07, 6.45) is 0. The van der Waals surface area contributed by atoms with Crippen LogP contribution < -0.4 is 4.31 Å². The van der Waals surface area contributed by atoms with E-state index in [0.29, 0.717) is 17.3 Å². The van der Waals surface area contributed by atoms with E-state index >= 15 is 0 Å². The molecule has 0 fully saturated rings. The van der Waals surface area contributed by atoms with Gasteiger partial charge in [0, 0.05) is 11.6 Å². The van der Waals surface area contributed by atoms with Crippen molar-refractivity contribution in [2.75, 3.05) is 10.8 Å². The highest BCUT2D eigenvalue weighted by Gasteiger charge is 2.24. The van der Waals surface area contributed by atoms with E-state index in [4.69, 9.17) is 11.6 Å². The van der Waals surface area contributed by atoms with E-state index in [1.165, 1.54) is 16.4 Å². The summed E-state index contributed by atoms with van der Waals surface area (Å²) in [5, 5.41) is 0.517. The molecule has 2 aromatic rings. The molecule has 0 aliphatic carbocycles. The highest BCUT2D eigenvalue weighted by molar-refractivity contribution is 7.92. The van der Waals surface area contributed by atoms with Crippen LogP contribution in [0.4, 0.5) is 5.69 Å². The largest absolute Gasteiger partial charge is 0.266 e. The summed E-state index contributed by atoms with van der Waals surface area (Å²) in [5.74, 6) is 0. The van der Waals surface area contributed by atoms with Gasteiger partial charge >= 0.3 is 0 Å². The number of nitrogens with zero attached hydrogens (tertiary/aromatic N) is 1. The highest BCUT2D eigenvalue weighted by Crippen LogP contribution is 2.27. The fraction of sp³-hybridized carbons (Fsp3) is 0.250. The second kappa shape index (κ2) is 6.08. The molecule has 2 rings (SSSR count). The number of hydrogen-bond acceptors (Lipinski definition) is 2. The molecule has 2 aromatic carbocycles. The third kappa shape index (κ3) is 3.22. The Labute approximate surface area is 131 Å². The molecule has 112 valence electrons. The Balaban J connectivity index is 2.51. The van der Waals surface area contributed by atoms with Crippen LogP contribution in [0.15, 0.2) is 47.4 Å². The zero-order valence-corrected chi connectivity index (χ0v) is 13.9. The van der Waals surface area contributed by atoms with Crippen molar-refractivity contribution in [2.24, 2.45) is 0 Å². The lowest BCUT2D eigenvalue weighted by molar-refractivity contribution is 0.591. The monoisotopic (exact) mass is 323 g/mol. The van der Waals surface area contributed by atoms with Crippen molar-refractivity contribution >= 4 is 27.3 Å². The van der Waals surface area contributed by atoms with Crippen LogP contribution in [0, 0.1) is 13.8 Å². The summed E-state index contributed by atoms with van der Waals surface area (Å²) in [4.78, 5) is 0.244. The van der Waals surface area contributed by atoms with Gasteiger partial charge in [0.1, 0.15) is 0 Å². The topological polar surface area (TPSA) is 37.4 Å². The number of anilines is 1. The van der Waals surface area contributed by atoms with Gasteiger partial charge in [-0.3, -0.25) is 4.31 Å². The Morgan fingerprint density at radius 1 is 1.05 bits per heavy atom. The lowest BCUT2D eigenvalue weighted by Gasteiger charge is -2.25. The number of benzene rings is 2. The molecule has 0 unspecified atom stereocenters. The molecule has 0 bridgehead atoms. The Hall–Kier alpha value is -1.52. The number of halogens is 1. The average Bonchev–Trinajstić information content (AvgIpc) is 2.42. The SMILES string of the molecule is CCN(c1ccc(C)cc1C)S(=O)(=O)c1ccc(Cl)cc1. The molecule has 0 N–H and O–H groups in total. The molecule has 5 heteroatoms. The Bertz CT molecular complexity index is 739. The fourth-order valence-electron chi connectivity index (χ4n) is 2.29. The van der Waals surface area contributed by atoms with Gasteiger partial charge in [0.2, 0.25) is 0 Å². The van der Waals surface area contributed by atoms with Gasteiger partial charge in [-0.05, 0) is 56.7 Å². The maximum Gasteiger partial charge on any atom is 0.264 e. The normalized spacial score (nSPS) is 11.4. The molecule has 0 heterocycles. The standard InChI is InChI=1S/C16H18ClNO2S/c1-4-18(16-10-5-12(2)11-13(16)3)21(19,20)15-8-6-14(17)7-9-15/h5-11H,4H2,1-3H3. The molecule has 0 aliphatic rings. The lowest BCUT2D eigenvalue weighted by atomic mass is 10.1. The molecule has 0 saturated carbocycles. The number of sulfonamides is 1. The van der Waals surface area contributed by atoms with Crippen LogP contribution in [0.3, 0.4) is 0 Å². The molecule has 0 aromatic heterocycles. The summed E-state index contributed by atoms with van der Waals surface area (Å²) in [6, 6.07) is 12.0. The van der Waals surface area contributed by atoms with Crippen molar-refractivity contribution in [1.29, 1.82) is 0 Å². The summed E-state index contributed by atoms with van der Waals surface area (Å²) < 4.78 is 27.0. The molecule has 21 heavy (non-hydrogen) atoms. The zero-order valence-electron chi connectivity index (χ0n) is 12.3. The van der Waals surface area contributed by atoms with Crippen molar-refractivity contribution in [3.05, 3.63) is 58.6 Å². The zero-order chi connectivity index (χ0) is 15.6. The van der Waals surface area contributed by atoms with Gasteiger partial charge in [0.15, 0.2) is 0 Å². The van der Waals surface area contributed by atoms with Gasteiger partial charge in [-0.2, -0.15) is 0 Å². The first-order valence-electron chi connectivity index (χ1n) is 6.72. The van der Waals surface area contributed by atoms with Gasteiger partial charge in [-0.25, -0.2) is 8.42 Å². The smallest absolute Gasteiger partial charge is 0.264 e. The summed E-state index contributed by atoms with van der Waals surface area (Å²) >= 11 is 5.83. The van der Waals surface area contributed by atoms with Crippen molar-refractivity contribution in [2.45, 2.75) is 25.7 Å². The Morgan fingerprint density at radius 2 is 1.67 bits per heavy atom. The fourth-order valence-corrected chi connectivity index (χ4v) is 3.95. The number of hydrogen-bond donors (Lipinski definition) is 0. The molecular formula is C16H18ClNO2S. The lowest BCUT2D eigenvalue weighted by Crippen LogP contribution is -2.31. The van der Waals surface area contributed by atoms with Crippen molar-refractivity contribution in [3.63, 3.8) is 0 Å². The van der Waals surface area contributed by atoms with E-state index in [2.05, 4.69) is 0 Å². The van der Waals surface area contributed by atoms with Crippen molar-refractivity contribution < 1.29 is 8.42 Å². The molecule has 0 saturated heterocycles. The molecule has 0 atom stereocenters. The van der Waals surface area contributed by atoms with E-state index in [1.54, 1.807) is 12.1 Å². The Morgan fingerprint density at radius 3 is 2.19 bits per heavy atom. The first-order valence-corrected chi connectivity index (χ1v) is 8.53. The second-order valence-electron chi connectivity index (χ2n) is 4.91. The van der Waals surface area contributed by atoms with E-state index in [9.17, 15) is 8.42 Å². The van der Waals surface area contributed by atoms with Gasteiger partial charge < -0.3 is 0 Å². The minimum absolute atomic E-state index is 0.244. The van der Waals surface area contributed by atoms with Crippen molar-refractivity contribution in [3.8, 4) is 0 Å². The summed E-state index contributed by atoms with van der Waals surface area (Å²) in [6.45, 7) is 6.10. The predicted octanol–water partition coefficient (Wildman–Crippen LogP) is 4.17. The maximum atomic E-state index is 12.8. The minimum Gasteiger partial charge on any atom is -0.266 e. The second-order valence-corrected chi connectivity index (χ2v) is 7.21. The quantitative estimate of drug-likeness (QED) is 0.846. The van der Waals surface area contributed by atoms with Crippen LogP contribution in [0.5, 0.6) is 0 Å². The van der Waals surface area contributed by atoms with Crippen LogP contribution in [-0.4, -0.2) is 15.0 Å². The number of aryl methyl sites for hydroxylation is 2. The third-order valence-corrected chi connectivity index (χ3v) is 5.46. The van der Waals surface area contributed by atoms with Gasteiger partial charge in [-0.1, -0.05) is 29.3 Å². The van der Waals surface area contributed by atoms with Gasteiger partial charge in [0.05, 0.1) is 10.6 Å². The summed E-state index contributed by atoms with van der Waals surface area (Å²) in [5.41, 5.74) is 2.75. The van der Waals surface area contributed by atoms with Crippen LogP contribution in [-0.2, 0) is 10.0 Å².